The van der Waals surface area contributed by atoms with Crippen LogP contribution in [0.1, 0.15) is 35.4 Å². The van der Waals surface area contributed by atoms with E-state index in [2.05, 4.69) is 36.4 Å². The molecule has 10 heteroatoms. The van der Waals surface area contributed by atoms with Gasteiger partial charge >= 0.3 is 10.2 Å². The Morgan fingerprint density at radius 3 is 2.48 bits per heavy atom. The Morgan fingerprint density at radius 1 is 1.00 bits per heavy atom. The van der Waals surface area contributed by atoms with Crippen LogP contribution in [0.4, 0.5) is 11.5 Å². The van der Waals surface area contributed by atoms with E-state index in [0.717, 1.165) is 43.0 Å². The molecule has 2 saturated heterocycles. The predicted octanol–water partition coefficient (Wildman–Crippen LogP) is 1.48. The Hall–Kier alpha value is -2.74. The normalized spacial score (nSPS) is 17.3. The lowest BCUT2D eigenvalue weighted by Gasteiger charge is -2.28. The van der Waals surface area contributed by atoms with Crippen molar-refractivity contribution in [3.8, 4) is 11.8 Å². The van der Waals surface area contributed by atoms with Crippen molar-refractivity contribution < 1.29 is 13.2 Å². The summed E-state index contributed by atoms with van der Waals surface area (Å²) < 4.78 is 34.8. The van der Waals surface area contributed by atoms with E-state index in [9.17, 15) is 8.42 Å². The molecule has 0 aromatic carbocycles. The van der Waals surface area contributed by atoms with E-state index in [-0.39, 0.29) is 0 Å². The van der Waals surface area contributed by atoms with E-state index >= 15 is 0 Å². The number of aromatic nitrogens is 3. The van der Waals surface area contributed by atoms with Crippen LogP contribution in [0.5, 0.6) is 0 Å². The topological polar surface area (TPSA) is 101 Å². The van der Waals surface area contributed by atoms with Crippen molar-refractivity contribution in [2.24, 2.45) is 0 Å². The molecule has 2 aliphatic heterocycles. The molecule has 0 spiro atoms. The van der Waals surface area contributed by atoms with Gasteiger partial charge in [0, 0.05) is 37.9 Å². The van der Waals surface area contributed by atoms with Crippen molar-refractivity contribution in [2.75, 3.05) is 49.0 Å². The van der Waals surface area contributed by atoms with Crippen LogP contribution >= 0.6 is 0 Å². The summed E-state index contributed by atoms with van der Waals surface area (Å²) in [7, 11) is -3.59. The van der Waals surface area contributed by atoms with Crippen LogP contribution in [0.3, 0.4) is 0 Å². The lowest BCUT2D eigenvalue weighted by Crippen LogP contribution is -2.37. The van der Waals surface area contributed by atoms with Crippen molar-refractivity contribution in [1.82, 2.24) is 19.3 Å². The molecule has 164 valence electrons. The van der Waals surface area contributed by atoms with Crippen LogP contribution in [0.25, 0.3) is 0 Å². The fraction of sp³-hybridized carbons (Fsp3) is 0.476. The maximum Gasteiger partial charge on any atom is 0.301 e. The fourth-order valence-corrected chi connectivity index (χ4v) is 4.95. The third kappa shape index (κ3) is 4.95. The molecule has 0 bridgehead atoms. The average molecular weight is 443 g/mol. The van der Waals surface area contributed by atoms with Gasteiger partial charge in [0.25, 0.3) is 0 Å². The van der Waals surface area contributed by atoms with Crippen molar-refractivity contribution in [3.63, 3.8) is 0 Å². The second-order valence-electron chi connectivity index (χ2n) is 7.58. The number of hydrogen-bond acceptors (Lipinski definition) is 7. The van der Waals surface area contributed by atoms with Gasteiger partial charge < -0.3 is 9.64 Å². The number of nitrogens with zero attached hydrogens (tertiary/aromatic N) is 5. The molecule has 2 aromatic rings. The Morgan fingerprint density at radius 2 is 1.74 bits per heavy atom. The highest BCUT2D eigenvalue weighted by Gasteiger charge is 2.25. The minimum Gasteiger partial charge on any atom is -0.378 e. The van der Waals surface area contributed by atoms with Crippen LogP contribution in [-0.4, -0.2) is 67.1 Å². The maximum atomic E-state index is 12.6. The predicted molar refractivity (Wildman–Crippen MR) is 118 cm³/mol. The standard InChI is InChI=1S/C21H26N6O3S/c1-16-19(21(24-15-23-16)26-9-11-30-12-10-26)6-5-18-13-20(17(2)22-14-18)25-31(28,29)27-7-3-4-8-27/h13-15,25H,3-4,7-12H2,1-2H3. The van der Waals surface area contributed by atoms with Crippen molar-refractivity contribution >= 4 is 21.7 Å². The molecule has 0 atom stereocenters. The first kappa shape index (κ1) is 21.5. The first-order valence-electron chi connectivity index (χ1n) is 10.3. The van der Waals surface area contributed by atoms with E-state index in [1.54, 1.807) is 25.5 Å². The average Bonchev–Trinajstić information content (AvgIpc) is 3.31. The minimum atomic E-state index is -3.59. The van der Waals surface area contributed by atoms with Crippen LogP contribution in [-0.2, 0) is 14.9 Å². The largest absolute Gasteiger partial charge is 0.378 e. The van der Waals surface area contributed by atoms with Gasteiger partial charge in [0.05, 0.1) is 35.9 Å². The molecule has 0 aliphatic carbocycles. The van der Waals surface area contributed by atoms with E-state index in [0.29, 0.717) is 43.2 Å². The Kier molecular flexibility index (Phi) is 6.36. The molecule has 0 radical (unpaired) electrons. The fourth-order valence-electron chi connectivity index (χ4n) is 3.59. The molecule has 2 aromatic heterocycles. The van der Waals surface area contributed by atoms with E-state index in [4.69, 9.17) is 4.74 Å². The van der Waals surface area contributed by atoms with Gasteiger partial charge in [0.1, 0.15) is 12.1 Å². The van der Waals surface area contributed by atoms with Gasteiger partial charge in [0.2, 0.25) is 0 Å². The number of anilines is 2. The number of rotatable bonds is 4. The van der Waals surface area contributed by atoms with Gasteiger partial charge in [-0.1, -0.05) is 11.8 Å². The Labute approximate surface area is 183 Å². The quantitative estimate of drug-likeness (QED) is 0.716. The third-order valence-corrected chi connectivity index (χ3v) is 6.91. The molecule has 31 heavy (non-hydrogen) atoms. The number of nitrogens with one attached hydrogen (secondary N) is 1. The summed E-state index contributed by atoms with van der Waals surface area (Å²) in [5, 5.41) is 0. The van der Waals surface area contributed by atoms with Crippen LogP contribution < -0.4 is 9.62 Å². The zero-order valence-electron chi connectivity index (χ0n) is 17.8. The molecular weight excluding hydrogens is 416 g/mol. The van der Waals surface area contributed by atoms with Gasteiger partial charge in [-0.25, -0.2) is 9.97 Å². The molecule has 2 fully saturated rings. The van der Waals surface area contributed by atoms with E-state index in [1.165, 1.54) is 4.31 Å². The van der Waals surface area contributed by atoms with Crippen molar-refractivity contribution in [2.45, 2.75) is 26.7 Å². The highest BCUT2D eigenvalue weighted by molar-refractivity contribution is 7.90. The monoisotopic (exact) mass is 442 g/mol. The number of pyridine rings is 1. The summed E-state index contributed by atoms with van der Waals surface area (Å²) >= 11 is 0. The number of ether oxygens (including phenoxy) is 1. The maximum absolute atomic E-state index is 12.6. The minimum absolute atomic E-state index is 0.438. The highest BCUT2D eigenvalue weighted by Crippen LogP contribution is 2.21. The summed E-state index contributed by atoms with van der Waals surface area (Å²) in [6.07, 6.45) is 4.95. The lowest BCUT2D eigenvalue weighted by molar-refractivity contribution is 0.122. The zero-order valence-corrected chi connectivity index (χ0v) is 18.6. The lowest BCUT2D eigenvalue weighted by atomic mass is 10.1. The van der Waals surface area contributed by atoms with Crippen LogP contribution in [0.15, 0.2) is 18.6 Å². The zero-order chi connectivity index (χ0) is 21.8. The Bertz CT molecular complexity index is 1110. The molecule has 4 rings (SSSR count). The van der Waals surface area contributed by atoms with Gasteiger partial charge in [-0.2, -0.15) is 12.7 Å². The summed E-state index contributed by atoms with van der Waals surface area (Å²) in [5.41, 5.74) is 3.19. The molecule has 4 heterocycles. The van der Waals surface area contributed by atoms with Crippen molar-refractivity contribution in [1.29, 1.82) is 0 Å². The number of aryl methyl sites for hydroxylation is 2. The summed E-state index contributed by atoms with van der Waals surface area (Å²) in [6.45, 7) is 7.55. The summed E-state index contributed by atoms with van der Waals surface area (Å²) in [6, 6.07) is 1.72. The molecule has 0 saturated carbocycles. The van der Waals surface area contributed by atoms with Crippen molar-refractivity contribution in [3.05, 3.63) is 41.1 Å². The van der Waals surface area contributed by atoms with E-state index in [1.807, 2.05) is 6.92 Å². The first-order chi connectivity index (χ1) is 14.9. The second kappa shape index (κ2) is 9.18. The SMILES string of the molecule is Cc1ncc(C#Cc2c(C)ncnc2N2CCOCC2)cc1NS(=O)(=O)N1CCCC1. The summed E-state index contributed by atoms with van der Waals surface area (Å²) in [4.78, 5) is 15.2. The molecule has 9 nitrogen and oxygen atoms in total. The highest BCUT2D eigenvalue weighted by atomic mass is 32.2. The smallest absolute Gasteiger partial charge is 0.301 e. The second-order valence-corrected chi connectivity index (χ2v) is 9.25. The van der Waals surface area contributed by atoms with Gasteiger partial charge in [-0.3, -0.25) is 9.71 Å². The molecule has 2 aliphatic rings. The van der Waals surface area contributed by atoms with Gasteiger partial charge in [0.15, 0.2) is 0 Å². The van der Waals surface area contributed by atoms with Crippen LogP contribution in [0, 0.1) is 25.7 Å². The van der Waals surface area contributed by atoms with Crippen LogP contribution in [0.2, 0.25) is 0 Å². The summed E-state index contributed by atoms with van der Waals surface area (Å²) in [5.74, 6) is 7.07. The molecular formula is C21H26N6O3S. The molecule has 0 unspecified atom stereocenters. The Balaban J connectivity index is 1.61. The van der Waals surface area contributed by atoms with E-state index < -0.39 is 10.2 Å². The van der Waals surface area contributed by atoms with Gasteiger partial charge in [-0.15, -0.1) is 0 Å². The first-order valence-corrected chi connectivity index (χ1v) is 11.8. The number of hydrogen-bond donors (Lipinski definition) is 1. The molecule has 1 N–H and O–H groups in total. The van der Waals surface area contributed by atoms with Gasteiger partial charge in [-0.05, 0) is 32.8 Å². The number of morpholine rings is 1. The molecule has 0 amide bonds. The third-order valence-electron chi connectivity index (χ3n) is 5.39.